The first kappa shape index (κ1) is 28.7. The zero-order chi connectivity index (χ0) is 32.7. The van der Waals surface area contributed by atoms with Crippen molar-refractivity contribution < 1.29 is 4.39 Å². The zero-order valence-electron chi connectivity index (χ0n) is 26.7. The second kappa shape index (κ2) is 12.0. The molecule has 8 aromatic carbocycles. The Labute approximate surface area is 285 Å². The molecule has 0 fully saturated rings. The highest BCUT2D eigenvalue weighted by Crippen LogP contribution is 2.51. The van der Waals surface area contributed by atoms with Crippen molar-refractivity contribution in [2.45, 2.75) is 0 Å². The molecular formula is C46H31FN2. The average Bonchev–Trinajstić information content (AvgIpc) is 3.17. The highest BCUT2D eigenvalue weighted by atomic mass is 19.1. The molecule has 0 aromatic heterocycles. The molecule has 0 radical (unpaired) electrons. The van der Waals surface area contributed by atoms with Crippen molar-refractivity contribution in [3.05, 3.63) is 194 Å². The number of hydrogen-bond donors (Lipinski definition) is 0. The van der Waals surface area contributed by atoms with Gasteiger partial charge in [0.2, 0.25) is 0 Å². The van der Waals surface area contributed by atoms with Crippen LogP contribution in [0.2, 0.25) is 0 Å². The van der Waals surface area contributed by atoms with E-state index >= 15 is 0 Å². The van der Waals surface area contributed by atoms with Crippen LogP contribution in [-0.2, 0) is 0 Å². The van der Waals surface area contributed by atoms with Crippen LogP contribution < -0.4 is 9.80 Å². The van der Waals surface area contributed by atoms with Gasteiger partial charge in [-0.25, -0.2) is 4.39 Å². The zero-order valence-corrected chi connectivity index (χ0v) is 26.7. The van der Waals surface area contributed by atoms with Gasteiger partial charge in [0.1, 0.15) is 5.82 Å². The maximum absolute atomic E-state index is 14.0. The largest absolute Gasteiger partial charge is 0.311 e. The van der Waals surface area contributed by atoms with Gasteiger partial charge in [0, 0.05) is 33.7 Å². The highest BCUT2D eigenvalue weighted by molar-refractivity contribution is 6.14. The molecule has 0 bridgehead atoms. The lowest BCUT2D eigenvalue weighted by atomic mass is 9.89. The summed E-state index contributed by atoms with van der Waals surface area (Å²) >= 11 is 0. The fourth-order valence-corrected chi connectivity index (χ4v) is 7.12. The van der Waals surface area contributed by atoms with E-state index in [1.807, 2.05) is 18.2 Å². The van der Waals surface area contributed by atoms with E-state index < -0.39 is 0 Å². The van der Waals surface area contributed by atoms with Gasteiger partial charge in [-0.1, -0.05) is 109 Å². The van der Waals surface area contributed by atoms with Crippen molar-refractivity contribution in [2.24, 2.45) is 0 Å². The molecule has 0 spiro atoms. The predicted molar refractivity (Wildman–Crippen MR) is 203 cm³/mol. The Bertz CT molecular complexity index is 2410. The standard InChI is InChI=1S/C46H31FN2/c47-37-22-28-41(29-23-37)48(39-24-17-33(18-25-39)32-9-3-1-4-10-32)40-26-19-34(20-27-40)36-21-30-44-43(31-36)42-15-7-11-35-12-8-16-45(46(35)42)49(44)38-13-5-2-6-14-38/h1-31H. The van der Waals surface area contributed by atoms with Gasteiger partial charge in [0.05, 0.1) is 11.4 Å². The van der Waals surface area contributed by atoms with Gasteiger partial charge >= 0.3 is 0 Å². The summed E-state index contributed by atoms with van der Waals surface area (Å²) in [7, 11) is 0. The number of para-hydroxylation sites is 1. The summed E-state index contributed by atoms with van der Waals surface area (Å²) in [5, 5.41) is 2.50. The van der Waals surface area contributed by atoms with E-state index in [1.165, 1.54) is 51.0 Å². The van der Waals surface area contributed by atoms with Crippen LogP contribution in [0.1, 0.15) is 0 Å². The summed E-state index contributed by atoms with van der Waals surface area (Å²) in [5.74, 6) is -0.255. The van der Waals surface area contributed by atoms with Crippen LogP contribution >= 0.6 is 0 Å². The van der Waals surface area contributed by atoms with Gasteiger partial charge < -0.3 is 9.80 Å². The summed E-state index contributed by atoms with van der Waals surface area (Å²) < 4.78 is 14.0. The minimum atomic E-state index is -0.255. The third kappa shape index (κ3) is 5.13. The van der Waals surface area contributed by atoms with E-state index in [2.05, 4.69) is 168 Å². The van der Waals surface area contributed by atoms with Crippen LogP contribution in [0.25, 0.3) is 44.2 Å². The molecule has 8 aromatic rings. The highest BCUT2D eigenvalue weighted by Gasteiger charge is 2.26. The summed E-state index contributed by atoms with van der Waals surface area (Å²) in [6.45, 7) is 0. The Morgan fingerprint density at radius 2 is 0.918 bits per heavy atom. The number of fused-ring (bicyclic) bond motifs is 2. The number of halogens is 1. The first-order valence-electron chi connectivity index (χ1n) is 16.5. The maximum Gasteiger partial charge on any atom is 0.123 e. The van der Waals surface area contributed by atoms with E-state index in [0.717, 1.165) is 39.4 Å². The van der Waals surface area contributed by atoms with Crippen molar-refractivity contribution in [2.75, 3.05) is 9.80 Å². The fourth-order valence-electron chi connectivity index (χ4n) is 7.12. The first-order valence-corrected chi connectivity index (χ1v) is 16.5. The quantitative estimate of drug-likeness (QED) is 0.180. The van der Waals surface area contributed by atoms with Gasteiger partial charge in [-0.2, -0.15) is 0 Å². The van der Waals surface area contributed by atoms with Crippen LogP contribution in [0.5, 0.6) is 0 Å². The lowest BCUT2D eigenvalue weighted by Crippen LogP contribution is -2.15. The minimum Gasteiger partial charge on any atom is -0.311 e. The van der Waals surface area contributed by atoms with Crippen molar-refractivity contribution in [3.63, 3.8) is 0 Å². The second-order valence-corrected chi connectivity index (χ2v) is 12.4. The van der Waals surface area contributed by atoms with Crippen LogP contribution in [0.15, 0.2) is 188 Å². The van der Waals surface area contributed by atoms with E-state index in [4.69, 9.17) is 0 Å². The third-order valence-electron chi connectivity index (χ3n) is 9.44. The van der Waals surface area contributed by atoms with Crippen molar-refractivity contribution in [1.29, 1.82) is 0 Å². The van der Waals surface area contributed by atoms with Crippen molar-refractivity contribution in [1.82, 2.24) is 0 Å². The molecule has 232 valence electrons. The van der Waals surface area contributed by atoms with Gasteiger partial charge in [-0.15, -0.1) is 0 Å². The molecule has 2 nitrogen and oxygen atoms in total. The van der Waals surface area contributed by atoms with Crippen molar-refractivity contribution in [3.8, 4) is 33.4 Å². The number of anilines is 6. The SMILES string of the molecule is Fc1ccc(N(c2ccc(-c3ccccc3)cc2)c2ccc(-c3ccc4c(c3)-c3cccc5cccc(c35)N4c3ccccc3)cc2)cc1. The molecule has 1 heterocycles. The molecule has 0 saturated heterocycles. The Kier molecular flexibility index (Phi) is 7.02. The monoisotopic (exact) mass is 630 g/mol. The Morgan fingerprint density at radius 1 is 0.388 bits per heavy atom. The topological polar surface area (TPSA) is 6.48 Å². The molecule has 0 aliphatic carbocycles. The van der Waals surface area contributed by atoms with Crippen LogP contribution in [-0.4, -0.2) is 0 Å². The molecule has 0 unspecified atom stereocenters. The van der Waals surface area contributed by atoms with Gasteiger partial charge in [-0.05, 0) is 112 Å². The van der Waals surface area contributed by atoms with Crippen LogP contribution in [0, 0.1) is 5.82 Å². The Morgan fingerprint density at radius 3 is 1.57 bits per heavy atom. The van der Waals surface area contributed by atoms with Crippen LogP contribution in [0.3, 0.4) is 0 Å². The Balaban J connectivity index is 1.12. The maximum atomic E-state index is 14.0. The molecule has 0 saturated carbocycles. The minimum absolute atomic E-state index is 0.255. The lowest BCUT2D eigenvalue weighted by molar-refractivity contribution is 0.628. The van der Waals surface area contributed by atoms with E-state index in [0.29, 0.717) is 0 Å². The normalized spacial score (nSPS) is 11.7. The summed E-state index contributed by atoms with van der Waals surface area (Å²) in [4.78, 5) is 4.54. The van der Waals surface area contributed by atoms with Gasteiger partial charge in [-0.3, -0.25) is 0 Å². The van der Waals surface area contributed by atoms with Gasteiger partial charge in [0.15, 0.2) is 0 Å². The van der Waals surface area contributed by atoms with Crippen LogP contribution in [0.4, 0.5) is 38.5 Å². The summed E-state index contributed by atoms with van der Waals surface area (Å²) in [5.41, 5.74) is 13.4. The van der Waals surface area contributed by atoms with E-state index in [-0.39, 0.29) is 5.82 Å². The number of benzene rings is 8. The number of hydrogen-bond acceptors (Lipinski definition) is 2. The molecule has 0 atom stereocenters. The molecule has 0 amide bonds. The molecule has 3 heteroatoms. The van der Waals surface area contributed by atoms with Gasteiger partial charge in [0.25, 0.3) is 0 Å². The molecule has 9 rings (SSSR count). The number of nitrogens with zero attached hydrogens (tertiary/aromatic N) is 2. The average molecular weight is 631 g/mol. The fraction of sp³-hybridized carbons (Fsp3) is 0. The Hall–Kier alpha value is -6.45. The molecule has 49 heavy (non-hydrogen) atoms. The predicted octanol–water partition coefficient (Wildman–Crippen LogP) is 13.2. The number of rotatable bonds is 6. The van der Waals surface area contributed by atoms with Crippen molar-refractivity contribution >= 4 is 44.9 Å². The smallest absolute Gasteiger partial charge is 0.123 e. The third-order valence-corrected chi connectivity index (χ3v) is 9.44. The van der Waals surface area contributed by atoms with E-state index in [9.17, 15) is 4.39 Å². The molecule has 1 aliphatic heterocycles. The molecule has 0 N–H and O–H groups in total. The summed E-state index contributed by atoms with van der Waals surface area (Å²) in [6, 6.07) is 64.8. The first-order chi connectivity index (χ1) is 24.2. The summed E-state index contributed by atoms with van der Waals surface area (Å²) in [6.07, 6.45) is 0. The second-order valence-electron chi connectivity index (χ2n) is 12.4. The molecular weight excluding hydrogens is 600 g/mol. The van der Waals surface area contributed by atoms with E-state index in [1.54, 1.807) is 0 Å². The molecule has 1 aliphatic rings. The lowest BCUT2D eigenvalue weighted by Gasteiger charge is -2.33.